The van der Waals surface area contributed by atoms with Gasteiger partial charge in [0.15, 0.2) is 0 Å². The van der Waals surface area contributed by atoms with Crippen LogP contribution >= 0.6 is 0 Å². The van der Waals surface area contributed by atoms with Gasteiger partial charge >= 0.3 is 0 Å². The van der Waals surface area contributed by atoms with Crippen molar-refractivity contribution < 1.29 is 0 Å². The van der Waals surface area contributed by atoms with Crippen molar-refractivity contribution in [1.29, 1.82) is 0 Å². The Balaban J connectivity index is 0.000000211. The molecule has 0 aromatic heterocycles. The summed E-state index contributed by atoms with van der Waals surface area (Å²) in [6.45, 7) is 4.29. The van der Waals surface area contributed by atoms with Crippen molar-refractivity contribution >= 4 is 5.57 Å². The molecule has 0 heterocycles. The molecule has 2 aromatic carbocycles. The predicted octanol–water partition coefficient (Wildman–Crippen LogP) is 6.22. The van der Waals surface area contributed by atoms with Crippen LogP contribution in [0.5, 0.6) is 0 Å². The fraction of sp³-hybridized carbons (Fsp3) is 0.182. The van der Waals surface area contributed by atoms with Crippen molar-refractivity contribution in [1.82, 2.24) is 0 Å². The largest absolute Gasteiger partial charge is 0.0841 e. The zero-order valence-corrected chi connectivity index (χ0v) is 13.4. The first-order valence-electron chi connectivity index (χ1n) is 7.88. The average molecular weight is 288 g/mol. The van der Waals surface area contributed by atoms with Gasteiger partial charge in [0.2, 0.25) is 0 Å². The number of allylic oxidation sites excluding steroid dienone is 6. The second kappa shape index (κ2) is 8.84. The molecule has 0 fully saturated rings. The molecule has 1 atom stereocenters. The van der Waals surface area contributed by atoms with Crippen LogP contribution in [0.1, 0.15) is 24.5 Å². The second-order valence-corrected chi connectivity index (χ2v) is 5.56. The molecule has 1 aliphatic rings. The van der Waals surface area contributed by atoms with E-state index in [0.717, 1.165) is 6.42 Å². The molecule has 0 radical (unpaired) electrons. The summed E-state index contributed by atoms with van der Waals surface area (Å²) in [5.74, 6) is 0.539. The molecule has 1 aliphatic carbocycles. The standard InChI is InChI=1S/C15H16.C7H8/c1-13-7-5-6-10-15(12-11-13)14-8-3-2-4-9-14;1-7-5-3-2-4-6-7/h2-5,7-13H,6H2,1H3;2-6H,1H3/b7-5-,12-11-,15-10+;. The van der Waals surface area contributed by atoms with E-state index in [-0.39, 0.29) is 0 Å². The third kappa shape index (κ3) is 5.57. The summed E-state index contributed by atoms with van der Waals surface area (Å²) in [6, 6.07) is 20.8. The van der Waals surface area contributed by atoms with Crippen LogP contribution in [0.15, 0.2) is 91.0 Å². The van der Waals surface area contributed by atoms with E-state index in [1.807, 2.05) is 18.2 Å². The van der Waals surface area contributed by atoms with E-state index in [4.69, 9.17) is 0 Å². The maximum atomic E-state index is 2.27. The maximum absolute atomic E-state index is 2.27. The summed E-state index contributed by atoms with van der Waals surface area (Å²) in [5, 5.41) is 0. The highest BCUT2D eigenvalue weighted by molar-refractivity contribution is 5.74. The molecular formula is C22H24. The van der Waals surface area contributed by atoms with E-state index >= 15 is 0 Å². The molecule has 22 heavy (non-hydrogen) atoms. The maximum Gasteiger partial charge on any atom is -0.00784 e. The molecule has 0 nitrogen and oxygen atoms in total. The quantitative estimate of drug-likeness (QED) is 0.547. The SMILES string of the molecule is CC1/C=C\C/C=C(c2ccccc2)\C=C/1.Cc1ccccc1. The van der Waals surface area contributed by atoms with Crippen LogP contribution in [0, 0.1) is 12.8 Å². The smallest absolute Gasteiger partial charge is 0.00784 e. The minimum absolute atomic E-state index is 0.539. The Morgan fingerprint density at radius 1 is 0.818 bits per heavy atom. The molecule has 3 rings (SSSR count). The molecule has 0 N–H and O–H groups in total. The van der Waals surface area contributed by atoms with Gasteiger partial charge in [-0.3, -0.25) is 0 Å². The predicted molar refractivity (Wildman–Crippen MR) is 97.7 cm³/mol. The van der Waals surface area contributed by atoms with Gasteiger partial charge in [0.25, 0.3) is 0 Å². The van der Waals surface area contributed by atoms with Crippen molar-refractivity contribution in [3.8, 4) is 0 Å². The van der Waals surface area contributed by atoms with Crippen molar-refractivity contribution in [2.24, 2.45) is 5.92 Å². The third-order valence-electron chi connectivity index (χ3n) is 3.54. The number of aryl methyl sites for hydroxylation is 1. The van der Waals surface area contributed by atoms with Crippen LogP contribution in [0.4, 0.5) is 0 Å². The molecule has 0 saturated carbocycles. The fourth-order valence-corrected chi connectivity index (χ4v) is 2.25. The summed E-state index contributed by atoms with van der Waals surface area (Å²) in [6.07, 6.45) is 12.2. The van der Waals surface area contributed by atoms with E-state index in [1.54, 1.807) is 0 Å². The van der Waals surface area contributed by atoms with Crippen molar-refractivity contribution in [2.75, 3.05) is 0 Å². The third-order valence-corrected chi connectivity index (χ3v) is 3.54. The van der Waals surface area contributed by atoms with Crippen molar-refractivity contribution in [3.05, 3.63) is 102 Å². The highest BCUT2D eigenvalue weighted by Gasteiger charge is 1.99. The van der Waals surface area contributed by atoms with Gasteiger partial charge in [-0.2, -0.15) is 0 Å². The molecular weight excluding hydrogens is 264 g/mol. The lowest BCUT2D eigenvalue weighted by molar-refractivity contribution is 0.932. The van der Waals surface area contributed by atoms with Gasteiger partial charge in [-0.15, -0.1) is 0 Å². The van der Waals surface area contributed by atoms with E-state index < -0.39 is 0 Å². The van der Waals surface area contributed by atoms with E-state index in [9.17, 15) is 0 Å². The van der Waals surface area contributed by atoms with Crippen LogP contribution in [0.3, 0.4) is 0 Å². The van der Waals surface area contributed by atoms with Crippen LogP contribution in [-0.2, 0) is 0 Å². The Labute approximate surface area is 134 Å². The lowest BCUT2D eigenvalue weighted by Crippen LogP contribution is -1.87. The molecule has 112 valence electrons. The minimum Gasteiger partial charge on any atom is -0.0841 e. The van der Waals surface area contributed by atoms with Gasteiger partial charge in [0.05, 0.1) is 0 Å². The average Bonchev–Trinajstić information content (AvgIpc) is 2.54. The van der Waals surface area contributed by atoms with Gasteiger partial charge in [-0.25, -0.2) is 0 Å². The summed E-state index contributed by atoms with van der Waals surface area (Å²) in [4.78, 5) is 0. The summed E-state index contributed by atoms with van der Waals surface area (Å²) >= 11 is 0. The summed E-state index contributed by atoms with van der Waals surface area (Å²) in [7, 11) is 0. The number of benzene rings is 2. The van der Waals surface area contributed by atoms with Crippen LogP contribution in [0.2, 0.25) is 0 Å². The zero-order chi connectivity index (χ0) is 15.6. The molecule has 2 aromatic rings. The summed E-state index contributed by atoms with van der Waals surface area (Å²) < 4.78 is 0. The lowest BCUT2D eigenvalue weighted by Gasteiger charge is -2.06. The fourth-order valence-electron chi connectivity index (χ4n) is 2.25. The Kier molecular flexibility index (Phi) is 6.44. The molecule has 0 spiro atoms. The van der Waals surface area contributed by atoms with Crippen LogP contribution in [0.25, 0.3) is 5.57 Å². The van der Waals surface area contributed by atoms with Gasteiger partial charge in [0.1, 0.15) is 0 Å². The topological polar surface area (TPSA) is 0 Å². The Hall–Kier alpha value is -2.34. The molecule has 0 heteroatoms. The molecule has 1 unspecified atom stereocenters. The lowest BCUT2D eigenvalue weighted by atomic mass is 9.99. The number of hydrogen-bond donors (Lipinski definition) is 0. The number of hydrogen-bond acceptors (Lipinski definition) is 0. The molecule has 0 bridgehead atoms. The zero-order valence-electron chi connectivity index (χ0n) is 13.4. The Morgan fingerprint density at radius 2 is 1.45 bits per heavy atom. The van der Waals surface area contributed by atoms with E-state index in [1.165, 1.54) is 16.7 Å². The first-order valence-corrected chi connectivity index (χ1v) is 7.88. The highest BCUT2D eigenvalue weighted by atomic mass is 14.0. The van der Waals surface area contributed by atoms with Crippen molar-refractivity contribution in [3.63, 3.8) is 0 Å². The van der Waals surface area contributed by atoms with E-state index in [0.29, 0.717) is 5.92 Å². The molecule has 0 amide bonds. The Morgan fingerprint density at radius 3 is 2.05 bits per heavy atom. The van der Waals surface area contributed by atoms with Crippen LogP contribution in [-0.4, -0.2) is 0 Å². The van der Waals surface area contributed by atoms with Crippen LogP contribution < -0.4 is 0 Å². The molecule has 0 aliphatic heterocycles. The van der Waals surface area contributed by atoms with Crippen molar-refractivity contribution in [2.45, 2.75) is 20.3 Å². The van der Waals surface area contributed by atoms with Gasteiger partial charge in [-0.05, 0) is 30.4 Å². The Bertz CT molecular complexity index is 630. The minimum atomic E-state index is 0.539. The normalized spacial score (nSPS) is 22.1. The highest BCUT2D eigenvalue weighted by Crippen LogP contribution is 2.19. The molecule has 0 saturated heterocycles. The van der Waals surface area contributed by atoms with E-state index in [2.05, 4.69) is 86.7 Å². The monoisotopic (exact) mass is 288 g/mol. The van der Waals surface area contributed by atoms with Gasteiger partial charge in [-0.1, -0.05) is 104 Å². The summed E-state index contributed by atoms with van der Waals surface area (Å²) in [5.41, 5.74) is 3.95. The van der Waals surface area contributed by atoms with Gasteiger partial charge in [0, 0.05) is 0 Å². The number of rotatable bonds is 1. The van der Waals surface area contributed by atoms with Gasteiger partial charge < -0.3 is 0 Å². The first kappa shape index (κ1) is 16.0. The first-order chi connectivity index (χ1) is 10.8. The second-order valence-electron chi connectivity index (χ2n) is 5.56.